The molecule has 3 aromatic rings. The number of anilines is 1. The fourth-order valence-electron chi connectivity index (χ4n) is 2.72. The van der Waals surface area contributed by atoms with Gasteiger partial charge in [0, 0.05) is 23.1 Å². The number of benzene rings is 1. The lowest BCUT2D eigenvalue weighted by atomic mass is 10.0. The molecule has 5 heteroatoms. The molecule has 0 aliphatic heterocycles. The second-order valence-electron chi connectivity index (χ2n) is 5.12. The van der Waals surface area contributed by atoms with Crippen LogP contribution in [0.2, 0.25) is 0 Å². The van der Waals surface area contributed by atoms with E-state index in [9.17, 15) is 4.79 Å². The summed E-state index contributed by atoms with van der Waals surface area (Å²) in [6.07, 6.45) is 0.655. The van der Waals surface area contributed by atoms with E-state index in [-0.39, 0.29) is 5.63 Å². The first-order chi connectivity index (χ1) is 10.1. The number of hydrogen-bond acceptors (Lipinski definition) is 5. The molecule has 0 saturated heterocycles. The van der Waals surface area contributed by atoms with E-state index in [0.29, 0.717) is 23.6 Å². The van der Waals surface area contributed by atoms with Crippen LogP contribution >= 0.6 is 0 Å². The Labute approximate surface area is 122 Å². The van der Waals surface area contributed by atoms with Gasteiger partial charge in [0.05, 0.1) is 0 Å². The molecule has 0 aliphatic carbocycles. The third-order valence-electron chi connectivity index (χ3n) is 3.84. The second kappa shape index (κ2) is 4.91. The summed E-state index contributed by atoms with van der Waals surface area (Å²) in [5, 5.41) is 3.98. The molecule has 1 N–H and O–H groups in total. The molecular formula is C16H18N2O3. The zero-order valence-electron chi connectivity index (χ0n) is 12.7. The van der Waals surface area contributed by atoms with Gasteiger partial charge < -0.3 is 14.2 Å². The summed E-state index contributed by atoms with van der Waals surface area (Å²) < 4.78 is 11.2. The molecule has 2 heterocycles. The maximum Gasteiger partial charge on any atom is 0.339 e. The van der Waals surface area contributed by atoms with Gasteiger partial charge in [-0.3, -0.25) is 0 Å². The van der Waals surface area contributed by atoms with E-state index in [0.717, 1.165) is 34.1 Å². The molecule has 0 unspecified atom stereocenters. The van der Waals surface area contributed by atoms with E-state index < -0.39 is 0 Å². The number of fused-ring (bicyclic) bond motifs is 2. The van der Waals surface area contributed by atoms with Crippen molar-refractivity contribution in [3.8, 4) is 0 Å². The number of hydrogen-bond donors (Lipinski definition) is 1. The summed E-state index contributed by atoms with van der Waals surface area (Å²) in [5.41, 5.74) is 4.23. The Bertz CT molecular complexity index is 890. The van der Waals surface area contributed by atoms with E-state index in [2.05, 4.69) is 10.3 Å². The number of aryl methyl sites for hydroxylation is 2. The molecule has 0 spiro atoms. The van der Waals surface area contributed by atoms with Crippen molar-refractivity contribution in [2.24, 2.45) is 0 Å². The van der Waals surface area contributed by atoms with Gasteiger partial charge in [-0.2, -0.15) is 4.98 Å². The van der Waals surface area contributed by atoms with Gasteiger partial charge in [0.2, 0.25) is 0 Å². The summed E-state index contributed by atoms with van der Waals surface area (Å²) in [7, 11) is 0. The van der Waals surface area contributed by atoms with Crippen LogP contribution in [0.4, 0.5) is 6.01 Å². The van der Waals surface area contributed by atoms with Crippen molar-refractivity contribution in [1.29, 1.82) is 0 Å². The van der Waals surface area contributed by atoms with Crippen LogP contribution in [0.3, 0.4) is 0 Å². The predicted octanol–water partition coefficient (Wildman–Crippen LogP) is 3.55. The Morgan fingerprint density at radius 3 is 2.57 bits per heavy atom. The Morgan fingerprint density at radius 1 is 1.14 bits per heavy atom. The van der Waals surface area contributed by atoms with Crippen LogP contribution in [0.1, 0.15) is 30.5 Å². The van der Waals surface area contributed by atoms with Gasteiger partial charge in [-0.05, 0) is 38.8 Å². The highest BCUT2D eigenvalue weighted by Crippen LogP contribution is 2.31. The normalized spacial score (nSPS) is 11.4. The van der Waals surface area contributed by atoms with Gasteiger partial charge in [-0.25, -0.2) is 4.79 Å². The number of oxazole rings is 1. The van der Waals surface area contributed by atoms with E-state index in [1.165, 1.54) is 0 Å². The van der Waals surface area contributed by atoms with Gasteiger partial charge >= 0.3 is 5.63 Å². The van der Waals surface area contributed by atoms with Gasteiger partial charge in [0.1, 0.15) is 11.1 Å². The minimum absolute atomic E-state index is 0.267. The fourth-order valence-corrected chi connectivity index (χ4v) is 2.72. The number of nitrogens with zero attached hydrogens (tertiary/aromatic N) is 1. The van der Waals surface area contributed by atoms with Gasteiger partial charge in [0.25, 0.3) is 6.01 Å². The van der Waals surface area contributed by atoms with Crippen LogP contribution in [0.15, 0.2) is 19.7 Å². The van der Waals surface area contributed by atoms with Crippen LogP contribution in [0.25, 0.3) is 22.1 Å². The highest BCUT2D eigenvalue weighted by atomic mass is 16.4. The van der Waals surface area contributed by atoms with E-state index in [1.807, 2.05) is 33.8 Å². The lowest BCUT2D eigenvalue weighted by Gasteiger charge is -2.07. The van der Waals surface area contributed by atoms with E-state index in [4.69, 9.17) is 8.83 Å². The third kappa shape index (κ3) is 2.00. The van der Waals surface area contributed by atoms with Crippen molar-refractivity contribution in [3.05, 3.63) is 33.2 Å². The van der Waals surface area contributed by atoms with Crippen LogP contribution in [0.5, 0.6) is 0 Å². The first-order valence-corrected chi connectivity index (χ1v) is 7.17. The van der Waals surface area contributed by atoms with Crippen molar-refractivity contribution in [2.75, 3.05) is 11.9 Å². The van der Waals surface area contributed by atoms with Gasteiger partial charge in [0.15, 0.2) is 5.58 Å². The van der Waals surface area contributed by atoms with E-state index >= 15 is 0 Å². The highest BCUT2D eigenvalue weighted by Gasteiger charge is 2.17. The molecule has 0 atom stereocenters. The first kappa shape index (κ1) is 13.7. The molecule has 0 amide bonds. The molecule has 3 rings (SSSR count). The second-order valence-corrected chi connectivity index (χ2v) is 5.12. The molecule has 0 bridgehead atoms. The molecule has 5 nitrogen and oxygen atoms in total. The summed E-state index contributed by atoms with van der Waals surface area (Å²) in [5.74, 6) is 0. The minimum atomic E-state index is -0.267. The zero-order valence-corrected chi connectivity index (χ0v) is 12.7. The van der Waals surface area contributed by atoms with Crippen molar-refractivity contribution in [1.82, 2.24) is 4.98 Å². The smallest absolute Gasteiger partial charge is 0.339 e. The maximum atomic E-state index is 12.1. The predicted molar refractivity (Wildman–Crippen MR) is 83.1 cm³/mol. The molecule has 2 aromatic heterocycles. The third-order valence-corrected chi connectivity index (χ3v) is 3.84. The summed E-state index contributed by atoms with van der Waals surface area (Å²) in [6, 6.07) is 2.42. The minimum Gasteiger partial charge on any atom is -0.423 e. The van der Waals surface area contributed by atoms with Crippen LogP contribution in [0, 0.1) is 13.8 Å². The summed E-state index contributed by atoms with van der Waals surface area (Å²) in [4.78, 5) is 16.5. The highest BCUT2D eigenvalue weighted by molar-refractivity contribution is 5.97. The Balaban J connectivity index is 2.41. The summed E-state index contributed by atoms with van der Waals surface area (Å²) >= 11 is 0. The Morgan fingerprint density at radius 2 is 1.90 bits per heavy atom. The summed E-state index contributed by atoms with van der Waals surface area (Å²) in [6.45, 7) is 8.51. The number of rotatable bonds is 3. The largest absolute Gasteiger partial charge is 0.423 e. The van der Waals surface area contributed by atoms with Crippen molar-refractivity contribution < 1.29 is 8.83 Å². The van der Waals surface area contributed by atoms with Gasteiger partial charge in [-0.1, -0.05) is 6.92 Å². The van der Waals surface area contributed by atoms with Crippen LogP contribution in [-0.2, 0) is 6.42 Å². The van der Waals surface area contributed by atoms with Crippen LogP contribution in [-0.4, -0.2) is 11.5 Å². The molecule has 1 aromatic carbocycles. The van der Waals surface area contributed by atoms with Gasteiger partial charge in [-0.15, -0.1) is 0 Å². The monoisotopic (exact) mass is 286 g/mol. The fraction of sp³-hybridized carbons (Fsp3) is 0.375. The topological polar surface area (TPSA) is 68.3 Å². The molecule has 0 radical (unpaired) electrons. The number of nitrogens with one attached hydrogen (secondary N) is 1. The van der Waals surface area contributed by atoms with E-state index in [1.54, 1.807) is 0 Å². The molecule has 0 fully saturated rings. The van der Waals surface area contributed by atoms with Crippen molar-refractivity contribution >= 4 is 28.1 Å². The Hall–Kier alpha value is -2.30. The number of aromatic nitrogens is 1. The quantitative estimate of drug-likeness (QED) is 0.746. The zero-order chi connectivity index (χ0) is 15.1. The molecular weight excluding hydrogens is 268 g/mol. The lowest BCUT2D eigenvalue weighted by molar-refractivity contribution is 0.546. The van der Waals surface area contributed by atoms with Crippen molar-refractivity contribution in [2.45, 2.75) is 34.1 Å². The standard InChI is InChI=1S/C16H18N2O3/c1-5-10-8(3)11-7-12-14(21-16(18-12)17-6-2)9(4)13(11)20-15(10)19/h7H,5-6H2,1-4H3,(H,17,18). The molecule has 0 aliphatic rings. The van der Waals surface area contributed by atoms with Crippen LogP contribution < -0.4 is 10.9 Å². The first-order valence-electron chi connectivity index (χ1n) is 7.17. The average Bonchev–Trinajstić information content (AvgIpc) is 2.85. The molecule has 110 valence electrons. The molecule has 21 heavy (non-hydrogen) atoms. The maximum absolute atomic E-state index is 12.1. The average molecular weight is 286 g/mol. The SMILES string of the molecule is CCNc1nc2cc3c(C)c(CC)c(=O)oc3c(C)c2o1. The molecule has 0 saturated carbocycles. The lowest BCUT2D eigenvalue weighted by Crippen LogP contribution is -2.09. The van der Waals surface area contributed by atoms with Crippen molar-refractivity contribution in [3.63, 3.8) is 0 Å². The Kier molecular flexibility index (Phi) is 3.20.